The molecule has 0 aromatic heterocycles. The highest BCUT2D eigenvalue weighted by Crippen LogP contribution is 2.43. The van der Waals surface area contributed by atoms with E-state index in [4.69, 9.17) is 73.2 Å². The van der Waals surface area contributed by atoms with Crippen LogP contribution < -0.4 is 0 Å². The topological polar surface area (TPSA) is 9.23 Å². The third-order valence-electron chi connectivity index (χ3n) is 2.16. The van der Waals surface area contributed by atoms with Crippen molar-refractivity contribution in [2.24, 2.45) is 0 Å². The average Bonchev–Trinajstić information content (AvgIpc) is 2.34. The molecule has 112 valence electrons. The number of hydrogen-bond donors (Lipinski definition) is 0. The molecule has 21 heavy (non-hydrogen) atoms. The van der Waals surface area contributed by atoms with Crippen LogP contribution in [0.2, 0.25) is 30.1 Å². The van der Waals surface area contributed by atoms with Gasteiger partial charge in [-0.15, -0.1) is 0 Å². The highest BCUT2D eigenvalue weighted by Gasteiger charge is 2.13. The van der Waals surface area contributed by atoms with Crippen molar-refractivity contribution in [1.82, 2.24) is 0 Å². The SMILES string of the molecule is Clc1cc(Cl)c(SOSc2c(Cl)cc(Cl)cc2Cl)c(Cl)c1. The zero-order valence-corrected chi connectivity index (χ0v) is 16.0. The van der Waals surface area contributed by atoms with E-state index in [1.54, 1.807) is 24.3 Å². The summed E-state index contributed by atoms with van der Waals surface area (Å²) in [6.45, 7) is 0. The van der Waals surface area contributed by atoms with Gasteiger partial charge >= 0.3 is 0 Å². The van der Waals surface area contributed by atoms with Crippen molar-refractivity contribution >= 4 is 93.7 Å². The lowest BCUT2D eigenvalue weighted by atomic mass is 10.4. The summed E-state index contributed by atoms with van der Waals surface area (Å²) in [7, 11) is 0. The number of hydrogen-bond acceptors (Lipinski definition) is 3. The molecule has 2 aromatic carbocycles. The third-order valence-corrected chi connectivity index (χ3v) is 6.00. The second-order valence-electron chi connectivity index (χ2n) is 3.63. The van der Waals surface area contributed by atoms with Crippen molar-refractivity contribution in [2.75, 3.05) is 0 Å². The van der Waals surface area contributed by atoms with Crippen molar-refractivity contribution in [3.63, 3.8) is 0 Å². The van der Waals surface area contributed by atoms with Crippen LogP contribution in [0.3, 0.4) is 0 Å². The second kappa shape index (κ2) is 8.09. The molecule has 0 amide bonds. The molecule has 0 aliphatic rings. The number of halogens is 6. The lowest BCUT2D eigenvalue weighted by molar-refractivity contribution is 0.757. The van der Waals surface area contributed by atoms with E-state index < -0.39 is 0 Å². The Morgan fingerprint density at radius 3 is 1.14 bits per heavy atom. The molecule has 0 saturated heterocycles. The Balaban J connectivity index is 2.09. The van der Waals surface area contributed by atoms with Crippen molar-refractivity contribution in [3.8, 4) is 0 Å². The molecular weight excluding hydrogens is 437 g/mol. The van der Waals surface area contributed by atoms with Crippen LogP contribution in [0.5, 0.6) is 0 Å². The smallest absolute Gasteiger partial charge is 0.0739 e. The van der Waals surface area contributed by atoms with Gasteiger partial charge in [0.25, 0.3) is 0 Å². The van der Waals surface area contributed by atoms with Crippen LogP contribution in [-0.4, -0.2) is 0 Å². The fourth-order valence-corrected chi connectivity index (χ4v) is 4.55. The number of rotatable bonds is 4. The average molecular weight is 441 g/mol. The molecular formula is C12H4Cl6OS2. The molecule has 0 N–H and O–H groups in total. The highest BCUT2D eigenvalue weighted by molar-refractivity contribution is 8.08. The minimum absolute atomic E-state index is 0.395. The number of benzene rings is 2. The van der Waals surface area contributed by atoms with Crippen molar-refractivity contribution in [3.05, 3.63) is 54.4 Å². The fraction of sp³-hybridized carbons (Fsp3) is 0. The summed E-state index contributed by atoms with van der Waals surface area (Å²) in [5.41, 5.74) is 0. The lowest BCUT2D eigenvalue weighted by Gasteiger charge is -2.08. The quantitative estimate of drug-likeness (QED) is 0.442. The van der Waals surface area contributed by atoms with Gasteiger partial charge in [-0.05, 0) is 24.3 Å². The molecule has 9 heteroatoms. The van der Waals surface area contributed by atoms with E-state index in [9.17, 15) is 0 Å². The summed E-state index contributed by atoms with van der Waals surface area (Å²) in [5.74, 6) is 0. The Labute approximate surface area is 160 Å². The van der Waals surface area contributed by atoms with Gasteiger partial charge in [-0.3, -0.25) is 0 Å². The van der Waals surface area contributed by atoms with Crippen LogP contribution in [0.15, 0.2) is 34.1 Å². The Morgan fingerprint density at radius 1 is 0.571 bits per heavy atom. The van der Waals surface area contributed by atoms with Gasteiger partial charge in [0.2, 0.25) is 0 Å². The van der Waals surface area contributed by atoms with Crippen LogP contribution in [-0.2, 0) is 3.63 Å². The zero-order chi connectivity index (χ0) is 15.6. The molecule has 0 atom stereocenters. The molecule has 0 radical (unpaired) electrons. The third kappa shape index (κ3) is 4.90. The van der Waals surface area contributed by atoms with Gasteiger partial charge in [0, 0.05) is 34.1 Å². The van der Waals surface area contributed by atoms with Crippen molar-refractivity contribution in [1.29, 1.82) is 0 Å². The van der Waals surface area contributed by atoms with E-state index in [-0.39, 0.29) is 0 Å². The molecule has 0 saturated carbocycles. The van der Waals surface area contributed by atoms with E-state index in [0.717, 1.165) is 24.1 Å². The second-order valence-corrected chi connectivity index (χ2v) is 7.83. The van der Waals surface area contributed by atoms with Crippen molar-refractivity contribution in [2.45, 2.75) is 9.79 Å². The summed E-state index contributed by atoms with van der Waals surface area (Å²) < 4.78 is 5.42. The maximum Gasteiger partial charge on any atom is 0.0739 e. The van der Waals surface area contributed by atoms with Gasteiger partial charge in [0.05, 0.1) is 29.9 Å². The molecule has 2 aromatic rings. The van der Waals surface area contributed by atoms with E-state index >= 15 is 0 Å². The Bertz CT molecular complexity index is 575. The van der Waals surface area contributed by atoms with Gasteiger partial charge in [-0.25, -0.2) is 3.63 Å². The molecule has 1 nitrogen and oxygen atoms in total. The zero-order valence-electron chi connectivity index (χ0n) is 9.80. The van der Waals surface area contributed by atoms with Crippen LogP contribution in [0, 0.1) is 0 Å². The van der Waals surface area contributed by atoms with Crippen LogP contribution in [0.1, 0.15) is 0 Å². The largest absolute Gasteiger partial charge is 0.237 e. The lowest BCUT2D eigenvalue weighted by Crippen LogP contribution is -1.81. The molecule has 0 unspecified atom stereocenters. The fourth-order valence-electron chi connectivity index (χ4n) is 1.30. The first kappa shape index (κ1) is 18.2. The molecule has 0 aliphatic carbocycles. The van der Waals surface area contributed by atoms with E-state index in [0.29, 0.717) is 39.9 Å². The summed E-state index contributed by atoms with van der Waals surface area (Å²) in [4.78, 5) is 1.10. The van der Waals surface area contributed by atoms with Gasteiger partial charge in [0.1, 0.15) is 0 Å². The van der Waals surface area contributed by atoms with Crippen molar-refractivity contribution < 1.29 is 3.63 Å². The van der Waals surface area contributed by atoms with Gasteiger partial charge in [-0.1, -0.05) is 69.6 Å². The van der Waals surface area contributed by atoms with Crippen LogP contribution in [0.25, 0.3) is 0 Å². The summed E-state index contributed by atoms with van der Waals surface area (Å²) >= 11 is 37.9. The minimum atomic E-state index is 0.395. The van der Waals surface area contributed by atoms with Crippen LogP contribution >= 0.6 is 93.7 Å². The molecule has 0 bridgehead atoms. The molecule has 0 aliphatic heterocycles. The minimum Gasteiger partial charge on any atom is -0.237 e. The Kier molecular flexibility index (Phi) is 7.01. The highest BCUT2D eigenvalue weighted by atomic mass is 35.5. The summed E-state index contributed by atoms with van der Waals surface area (Å²) in [6.07, 6.45) is 0. The summed E-state index contributed by atoms with van der Waals surface area (Å²) in [6, 6.07) is 6.31. The van der Waals surface area contributed by atoms with Crippen LogP contribution in [0.4, 0.5) is 0 Å². The van der Waals surface area contributed by atoms with Gasteiger partial charge in [0.15, 0.2) is 0 Å². The standard InChI is InChI=1S/C12H4Cl6OS2/c13-5-1-7(15)11(8(16)2-5)20-19-21-12-9(17)3-6(14)4-10(12)18/h1-4H. The molecule has 0 heterocycles. The first-order valence-corrected chi connectivity index (χ1v) is 8.94. The molecule has 0 spiro atoms. The maximum atomic E-state index is 6.05. The van der Waals surface area contributed by atoms with E-state index in [2.05, 4.69) is 0 Å². The predicted molar refractivity (Wildman–Crippen MR) is 95.7 cm³/mol. The maximum absolute atomic E-state index is 6.05. The molecule has 2 rings (SSSR count). The van der Waals surface area contributed by atoms with E-state index in [1.165, 1.54) is 0 Å². The first-order valence-electron chi connectivity index (χ1n) is 5.18. The molecule has 0 fully saturated rings. The summed E-state index contributed by atoms with van der Waals surface area (Å²) in [5, 5.41) is 2.48. The predicted octanol–water partition coefficient (Wildman–Crippen LogP) is 8.34. The monoisotopic (exact) mass is 438 g/mol. The Morgan fingerprint density at radius 2 is 0.857 bits per heavy atom. The van der Waals surface area contributed by atoms with E-state index in [1.807, 2.05) is 0 Å². The Hall–Kier alpha value is 0.840. The first-order chi connectivity index (χ1) is 9.88. The van der Waals surface area contributed by atoms with Gasteiger partial charge in [-0.2, -0.15) is 0 Å². The van der Waals surface area contributed by atoms with Gasteiger partial charge < -0.3 is 0 Å². The normalized spacial score (nSPS) is 11.0.